The highest BCUT2D eigenvalue weighted by atomic mass is 32.2. The Morgan fingerprint density at radius 2 is 2.33 bits per heavy atom. The summed E-state index contributed by atoms with van der Waals surface area (Å²) in [7, 11) is 0. The van der Waals surface area contributed by atoms with Crippen LogP contribution in [0.2, 0.25) is 0 Å². The summed E-state index contributed by atoms with van der Waals surface area (Å²) < 4.78 is 0. The van der Waals surface area contributed by atoms with Crippen LogP contribution in [0.3, 0.4) is 0 Å². The highest BCUT2D eigenvalue weighted by molar-refractivity contribution is 8.00. The molecule has 3 nitrogen and oxygen atoms in total. The summed E-state index contributed by atoms with van der Waals surface area (Å²) in [5.41, 5.74) is 0. The molecule has 15 heavy (non-hydrogen) atoms. The van der Waals surface area contributed by atoms with Crippen LogP contribution in [0.5, 0.6) is 0 Å². The van der Waals surface area contributed by atoms with E-state index in [1.54, 1.807) is 0 Å². The lowest BCUT2D eigenvalue weighted by Crippen LogP contribution is -2.54. The van der Waals surface area contributed by atoms with Crippen LogP contribution >= 0.6 is 11.8 Å². The van der Waals surface area contributed by atoms with Gasteiger partial charge in [0.05, 0.1) is 4.87 Å². The number of hydrogen-bond acceptors (Lipinski definition) is 3. The SMILES string of the molecule is CCCCC1(CC)NC(C(=O)O)CCS1. The minimum atomic E-state index is -0.704. The van der Waals surface area contributed by atoms with Gasteiger partial charge in [-0.15, -0.1) is 11.8 Å². The van der Waals surface area contributed by atoms with Gasteiger partial charge in [-0.1, -0.05) is 26.7 Å². The van der Waals surface area contributed by atoms with E-state index in [-0.39, 0.29) is 10.9 Å². The minimum Gasteiger partial charge on any atom is -0.480 e. The zero-order valence-electron chi connectivity index (χ0n) is 9.58. The van der Waals surface area contributed by atoms with Crippen molar-refractivity contribution in [2.75, 3.05) is 5.75 Å². The van der Waals surface area contributed by atoms with Gasteiger partial charge in [0.15, 0.2) is 0 Å². The highest BCUT2D eigenvalue weighted by Crippen LogP contribution is 2.36. The molecule has 1 aliphatic rings. The quantitative estimate of drug-likeness (QED) is 0.763. The molecule has 2 N–H and O–H groups in total. The Hall–Kier alpha value is -0.220. The summed E-state index contributed by atoms with van der Waals surface area (Å²) in [4.78, 5) is 11.0. The first-order valence-corrected chi connectivity index (χ1v) is 6.76. The maximum atomic E-state index is 11.0. The Kier molecular flexibility index (Phi) is 4.93. The third kappa shape index (κ3) is 3.38. The van der Waals surface area contributed by atoms with Crippen LogP contribution in [-0.2, 0) is 4.79 Å². The van der Waals surface area contributed by atoms with Gasteiger partial charge in [-0.3, -0.25) is 10.1 Å². The average molecular weight is 231 g/mol. The van der Waals surface area contributed by atoms with Gasteiger partial charge >= 0.3 is 5.97 Å². The lowest BCUT2D eigenvalue weighted by atomic mass is 10.0. The molecule has 0 amide bonds. The Morgan fingerprint density at radius 1 is 1.60 bits per heavy atom. The van der Waals surface area contributed by atoms with E-state index in [9.17, 15) is 4.79 Å². The van der Waals surface area contributed by atoms with Crippen LogP contribution < -0.4 is 5.32 Å². The van der Waals surface area contributed by atoms with E-state index in [1.807, 2.05) is 11.8 Å². The molecule has 1 heterocycles. The fraction of sp³-hybridized carbons (Fsp3) is 0.909. The fourth-order valence-corrected chi connectivity index (χ4v) is 3.44. The van der Waals surface area contributed by atoms with Gasteiger partial charge in [0.25, 0.3) is 0 Å². The molecule has 0 spiro atoms. The van der Waals surface area contributed by atoms with Gasteiger partial charge in [-0.25, -0.2) is 0 Å². The molecule has 0 radical (unpaired) electrons. The van der Waals surface area contributed by atoms with E-state index in [2.05, 4.69) is 19.2 Å². The van der Waals surface area contributed by atoms with E-state index in [0.717, 1.165) is 25.0 Å². The predicted molar refractivity (Wildman–Crippen MR) is 64.2 cm³/mol. The molecule has 1 fully saturated rings. The molecule has 2 atom stereocenters. The van der Waals surface area contributed by atoms with Crippen molar-refractivity contribution in [1.82, 2.24) is 5.32 Å². The van der Waals surface area contributed by atoms with E-state index < -0.39 is 5.97 Å². The van der Waals surface area contributed by atoms with Crippen molar-refractivity contribution in [1.29, 1.82) is 0 Å². The van der Waals surface area contributed by atoms with Crippen LogP contribution in [-0.4, -0.2) is 27.7 Å². The normalized spacial score (nSPS) is 31.5. The van der Waals surface area contributed by atoms with Crippen LogP contribution in [0.15, 0.2) is 0 Å². The summed E-state index contributed by atoms with van der Waals surface area (Å²) in [6, 6.07) is -0.344. The molecule has 0 bridgehead atoms. The summed E-state index contributed by atoms with van der Waals surface area (Å²) in [5.74, 6) is 0.256. The van der Waals surface area contributed by atoms with Crippen molar-refractivity contribution in [2.24, 2.45) is 0 Å². The second kappa shape index (κ2) is 5.75. The molecular formula is C11H21NO2S. The second-order valence-corrected chi connectivity index (χ2v) is 5.60. The number of carboxylic acids is 1. The van der Waals surface area contributed by atoms with E-state index in [0.29, 0.717) is 0 Å². The van der Waals surface area contributed by atoms with Crippen LogP contribution in [0.1, 0.15) is 46.0 Å². The molecule has 1 saturated heterocycles. The molecule has 1 rings (SSSR count). The van der Waals surface area contributed by atoms with Gasteiger partial charge in [0, 0.05) is 0 Å². The largest absolute Gasteiger partial charge is 0.480 e. The van der Waals surface area contributed by atoms with Crippen molar-refractivity contribution < 1.29 is 9.90 Å². The number of unbranched alkanes of at least 4 members (excludes halogenated alkanes) is 1. The molecule has 0 aromatic carbocycles. The zero-order chi connectivity index (χ0) is 11.3. The summed E-state index contributed by atoms with van der Waals surface area (Å²) in [6.07, 6.45) is 5.16. The molecule has 0 aliphatic carbocycles. The van der Waals surface area contributed by atoms with E-state index >= 15 is 0 Å². The highest BCUT2D eigenvalue weighted by Gasteiger charge is 2.36. The molecule has 88 valence electrons. The van der Waals surface area contributed by atoms with Crippen LogP contribution in [0, 0.1) is 0 Å². The number of hydrogen-bond donors (Lipinski definition) is 2. The lowest BCUT2D eigenvalue weighted by Gasteiger charge is -2.40. The third-order valence-electron chi connectivity index (χ3n) is 3.03. The monoisotopic (exact) mass is 231 g/mol. The topological polar surface area (TPSA) is 49.3 Å². The first kappa shape index (κ1) is 12.8. The molecule has 4 heteroatoms. The number of rotatable bonds is 5. The Labute approximate surface area is 96.0 Å². The van der Waals surface area contributed by atoms with Crippen LogP contribution in [0.25, 0.3) is 0 Å². The standard InChI is InChI=1S/C11H21NO2S/c1-3-5-7-11(4-2)12-9(10(13)14)6-8-15-11/h9,12H,3-8H2,1-2H3,(H,13,14). The molecule has 2 unspecified atom stereocenters. The Morgan fingerprint density at radius 3 is 2.87 bits per heavy atom. The van der Waals surface area contributed by atoms with Gasteiger partial charge in [0.2, 0.25) is 0 Å². The summed E-state index contributed by atoms with van der Waals surface area (Å²) in [6.45, 7) is 4.31. The first-order chi connectivity index (χ1) is 7.13. The van der Waals surface area contributed by atoms with Crippen LogP contribution in [0.4, 0.5) is 0 Å². The average Bonchev–Trinajstić information content (AvgIpc) is 2.26. The summed E-state index contributed by atoms with van der Waals surface area (Å²) in [5, 5.41) is 12.3. The maximum Gasteiger partial charge on any atom is 0.320 e. The predicted octanol–water partition coefficient (Wildman–Crippen LogP) is 2.46. The van der Waals surface area contributed by atoms with E-state index in [4.69, 9.17) is 5.11 Å². The molecule has 0 aromatic rings. The Balaban J connectivity index is 2.59. The van der Waals surface area contributed by atoms with Gasteiger partial charge in [-0.2, -0.15) is 0 Å². The zero-order valence-corrected chi connectivity index (χ0v) is 10.4. The van der Waals surface area contributed by atoms with Crippen molar-refractivity contribution in [3.63, 3.8) is 0 Å². The number of carbonyl (C=O) groups is 1. The molecule has 1 aliphatic heterocycles. The van der Waals surface area contributed by atoms with Gasteiger partial charge in [-0.05, 0) is 25.0 Å². The number of aliphatic carboxylic acids is 1. The lowest BCUT2D eigenvalue weighted by molar-refractivity contribution is -0.140. The van der Waals surface area contributed by atoms with E-state index in [1.165, 1.54) is 12.8 Å². The number of carboxylic acid groups (broad SMARTS) is 1. The Bertz CT molecular complexity index is 223. The minimum absolute atomic E-state index is 0.0112. The fourth-order valence-electron chi connectivity index (χ4n) is 1.98. The summed E-state index contributed by atoms with van der Waals surface area (Å²) >= 11 is 1.90. The van der Waals surface area contributed by atoms with Gasteiger partial charge < -0.3 is 5.11 Å². The first-order valence-electron chi connectivity index (χ1n) is 5.78. The van der Waals surface area contributed by atoms with Gasteiger partial charge in [0.1, 0.15) is 6.04 Å². The van der Waals surface area contributed by atoms with Crippen molar-refractivity contribution in [3.8, 4) is 0 Å². The van der Waals surface area contributed by atoms with Crippen molar-refractivity contribution >= 4 is 17.7 Å². The number of thioether (sulfide) groups is 1. The second-order valence-electron chi connectivity index (χ2n) is 4.12. The molecular weight excluding hydrogens is 210 g/mol. The molecule has 0 saturated carbocycles. The smallest absolute Gasteiger partial charge is 0.320 e. The van der Waals surface area contributed by atoms with Crippen molar-refractivity contribution in [3.05, 3.63) is 0 Å². The third-order valence-corrected chi connectivity index (χ3v) is 4.63. The number of nitrogens with one attached hydrogen (secondary N) is 1. The maximum absolute atomic E-state index is 11.0. The molecule has 0 aromatic heterocycles. The van der Waals surface area contributed by atoms with Crippen molar-refractivity contribution in [2.45, 2.75) is 56.9 Å².